The first-order valence-electron chi connectivity index (χ1n) is 5.19. The van der Waals surface area contributed by atoms with Crippen molar-refractivity contribution in [3.05, 3.63) is 0 Å². The summed E-state index contributed by atoms with van der Waals surface area (Å²) in [6.45, 7) is 5.49. The van der Waals surface area contributed by atoms with Gasteiger partial charge in [0.2, 0.25) is 0 Å². The van der Waals surface area contributed by atoms with Crippen molar-refractivity contribution >= 4 is 28.7 Å². The van der Waals surface area contributed by atoms with E-state index >= 15 is 0 Å². The van der Waals surface area contributed by atoms with E-state index in [1.807, 2.05) is 11.8 Å². The Morgan fingerprint density at radius 2 is 2.43 bits per heavy atom. The monoisotopic (exact) mass is 230 g/mol. The smallest absolute Gasteiger partial charge is 0.157 e. The molecular formula is C10H18N2S2. The van der Waals surface area contributed by atoms with Gasteiger partial charge < -0.3 is 5.32 Å². The van der Waals surface area contributed by atoms with E-state index in [0.29, 0.717) is 0 Å². The molecule has 0 aromatic rings. The quantitative estimate of drug-likeness (QED) is 0.787. The van der Waals surface area contributed by atoms with E-state index in [4.69, 9.17) is 0 Å². The summed E-state index contributed by atoms with van der Waals surface area (Å²) >= 11 is 3.93. The SMILES string of the molecule is CC1(C)CSC(=NCC2CCSC2)N1. The number of thioether (sulfide) groups is 2. The minimum Gasteiger partial charge on any atom is -0.359 e. The maximum atomic E-state index is 4.66. The molecule has 1 unspecified atom stereocenters. The van der Waals surface area contributed by atoms with Crippen molar-refractivity contribution < 1.29 is 0 Å². The Labute approximate surface area is 94.7 Å². The van der Waals surface area contributed by atoms with Crippen LogP contribution in [0.5, 0.6) is 0 Å². The molecule has 0 saturated carbocycles. The average Bonchev–Trinajstić information content (AvgIpc) is 2.70. The molecule has 2 nitrogen and oxygen atoms in total. The predicted octanol–water partition coefficient (Wildman–Crippen LogP) is 2.21. The standard InChI is InChI=1S/C10H18N2S2/c1-10(2)7-14-9(12-10)11-5-8-3-4-13-6-8/h8H,3-7H2,1-2H3,(H,11,12). The van der Waals surface area contributed by atoms with Crippen LogP contribution in [0.1, 0.15) is 20.3 Å². The second-order valence-electron chi connectivity index (χ2n) is 4.67. The number of nitrogens with zero attached hydrogens (tertiary/aromatic N) is 1. The fraction of sp³-hybridized carbons (Fsp3) is 0.900. The van der Waals surface area contributed by atoms with Gasteiger partial charge in [0, 0.05) is 17.8 Å². The van der Waals surface area contributed by atoms with Gasteiger partial charge in [0.1, 0.15) is 0 Å². The molecule has 0 bridgehead atoms. The molecular weight excluding hydrogens is 212 g/mol. The van der Waals surface area contributed by atoms with Gasteiger partial charge in [-0.05, 0) is 37.7 Å². The van der Waals surface area contributed by atoms with Gasteiger partial charge >= 0.3 is 0 Å². The van der Waals surface area contributed by atoms with Crippen LogP contribution >= 0.6 is 23.5 Å². The third-order valence-electron chi connectivity index (χ3n) is 2.53. The summed E-state index contributed by atoms with van der Waals surface area (Å²) in [5.41, 5.74) is 0.244. The molecule has 80 valence electrons. The molecule has 14 heavy (non-hydrogen) atoms. The van der Waals surface area contributed by atoms with Crippen molar-refractivity contribution in [3.63, 3.8) is 0 Å². The van der Waals surface area contributed by atoms with E-state index in [2.05, 4.69) is 35.9 Å². The normalized spacial score (nSPS) is 33.6. The molecule has 2 fully saturated rings. The van der Waals surface area contributed by atoms with Crippen molar-refractivity contribution in [1.82, 2.24) is 5.32 Å². The Hall–Kier alpha value is 0.170. The highest BCUT2D eigenvalue weighted by Gasteiger charge is 2.27. The van der Waals surface area contributed by atoms with Gasteiger partial charge in [0.25, 0.3) is 0 Å². The second-order valence-corrected chi connectivity index (χ2v) is 6.79. The van der Waals surface area contributed by atoms with Crippen LogP contribution in [0.2, 0.25) is 0 Å². The average molecular weight is 230 g/mol. The Bertz CT molecular complexity index is 232. The van der Waals surface area contributed by atoms with Gasteiger partial charge in [-0.1, -0.05) is 11.8 Å². The zero-order valence-electron chi connectivity index (χ0n) is 8.88. The summed E-state index contributed by atoms with van der Waals surface area (Å²) in [6, 6.07) is 0. The largest absolute Gasteiger partial charge is 0.359 e. The zero-order chi connectivity index (χ0) is 10.0. The first-order chi connectivity index (χ1) is 6.66. The lowest BCUT2D eigenvalue weighted by Crippen LogP contribution is -2.37. The van der Waals surface area contributed by atoms with Crippen molar-refractivity contribution in [1.29, 1.82) is 0 Å². The third-order valence-corrected chi connectivity index (χ3v) is 5.13. The van der Waals surface area contributed by atoms with Crippen LogP contribution in [0.15, 0.2) is 4.99 Å². The van der Waals surface area contributed by atoms with E-state index in [9.17, 15) is 0 Å². The van der Waals surface area contributed by atoms with Crippen LogP contribution in [-0.2, 0) is 0 Å². The van der Waals surface area contributed by atoms with Crippen molar-refractivity contribution in [2.45, 2.75) is 25.8 Å². The lowest BCUT2D eigenvalue weighted by Gasteiger charge is -2.16. The number of aliphatic imine (C=N–C) groups is 1. The molecule has 4 heteroatoms. The molecule has 0 aliphatic carbocycles. The topological polar surface area (TPSA) is 24.4 Å². The third kappa shape index (κ3) is 2.83. The highest BCUT2D eigenvalue weighted by atomic mass is 32.2. The maximum Gasteiger partial charge on any atom is 0.157 e. The number of hydrogen-bond donors (Lipinski definition) is 1. The summed E-state index contributed by atoms with van der Waals surface area (Å²) < 4.78 is 0. The first kappa shape index (κ1) is 10.7. The molecule has 1 atom stereocenters. The minimum absolute atomic E-state index is 0.244. The van der Waals surface area contributed by atoms with Gasteiger partial charge in [-0.15, -0.1) is 0 Å². The Morgan fingerprint density at radius 1 is 1.57 bits per heavy atom. The van der Waals surface area contributed by atoms with E-state index < -0.39 is 0 Å². The summed E-state index contributed by atoms with van der Waals surface area (Å²) in [5.74, 6) is 4.62. The van der Waals surface area contributed by atoms with E-state index in [1.165, 1.54) is 17.9 Å². The number of nitrogens with one attached hydrogen (secondary N) is 1. The fourth-order valence-corrected chi connectivity index (χ4v) is 3.99. The van der Waals surface area contributed by atoms with Crippen molar-refractivity contribution in [2.75, 3.05) is 23.8 Å². The zero-order valence-corrected chi connectivity index (χ0v) is 10.5. The summed E-state index contributed by atoms with van der Waals surface area (Å²) in [6.07, 6.45) is 1.36. The molecule has 2 aliphatic heterocycles. The highest BCUT2D eigenvalue weighted by Crippen LogP contribution is 2.25. The summed E-state index contributed by atoms with van der Waals surface area (Å²) in [5, 5.41) is 4.62. The van der Waals surface area contributed by atoms with E-state index in [-0.39, 0.29) is 5.54 Å². The number of rotatable bonds is 2. The molecule has 0 aromatic heterocycles. The van der Waals surface area contributed by atoms with Gasteiger partial charge in [-0.25, -0.2) is 0 Å². The molecule has 0 amide bonds. The van der Waals surface area contributed by atoms with Gasteiger partial charge in [0.15, 0.2) is 5.17 Å². The van der Waals surface area contributed by atoms with Crippen LogP contribution in [0.25, 0.3) is 0 Å². The first-order valence-corrected chi connectivity index (χ1v) is 7.33. The Morgan fingerprint density at radius 3 is 3.00 bits per heavy atom. The second kappa shape index (κ2) is 4.35. The molecule has 2 rings (SSSR count). The van der Waals surface area contributed by atoms with Crippen molar-refractivity contribution in [2.24, 2.45) is 10.9 Å². The minimum atomic E-state index is 0.244. The van der Waals surface area contributed by atoms with E-state index in [1.54, 1.807) is 0 Å². The molecule has 2 heterocycles. The van der Waals surface area contributed by atoms with Crippen LogP contribution in [0.4, 0.5) is 0 Å². The molecule has 0 radical (unpaired) electrons. The summed E-state index contributed by atoms with van der Waals surface area (Å²) in [4.78, 5) is 4.66. The lowest BCUT2D eigenvalue weighted by atomic mass is 10.1. The molecule has 2 saturated heterocycles. The fourth-order valence-electron chi connectivity index (χ4n) is 1.63. The van der Waals surface area contributed by atoms with Crippen LogP contribution < -0.4 is 5.32 Å². The molecule has 2 aliphatic rings. The molecule has 1 N–H and O–H groups in total. The van der Waals surface area contributed by atoms with Crippen molar-refractivity contribution in [3.8, 4) is 0 Å². The van der Waals surface area contributed by atoms with Gasteiger partial charge in [-0.2, -0.15) is 11.8 Å². The molecule has 0 aromatic carbocycles. The van der Waals surface area contributed by atoms with Gasteiger partial charge in [0.05, 0.1) is 0 Å². The molecule has 0 spiro atoms. The highest BCUT2D eigenvalue weighted by molar-refractivity contribution is 8.14. The van der Waals surface area contributed by atoms with E-state index in [0.717, 1.165) is 23.4 Å². The van der Waals surface area contributed by atoms with Crippen LogP contribution in [0, 0.1) is 5.92 Å². The Balaban J connectivity index is 1.81. The Kier molecular flexibility index (Phi) is 3.32. The number of hydrogen-bond acceptors (Lipinski definition) is 3. The summed E-state index contributed by atoms with van der Waals surface area (Å²) in [7, 11) is 0. The van der Waals surface area contributed by atoms with Crippen LogP contribution in [0.3, 0.4) is 0 Å². The van der Waals surface area contributed by atoms with Crippen LogP contribution in [-0.4, -0.2) is 34.5 Å². The number of amidine groups is 1. The van der Waals surface area contributed by atoms with Gasteiger partial charge in [-0.3, -0.25) is 4.99 Å². The maximum absolute atomic E-state index is 4.66. The predicted molar refractivity (Wildman–Crippen MR) is 67.4 cm³/mol. The lowest BCUT2D eigenvalue weighted by molar-refractivity contribution is 0.534.